The predicted molar refractivity (Wildman–Crippen MR) is 115 cm³/mol. The van der Waals surface area contributed by atoms with Crippen LogP contribution in [0.15, 0.2) is 53.5 Å². The lowest BCUT2D eigenvalue weighted by Crippen LogP contribution is -2.32. The van der Waals surface area contributed by atoms with Gasteiger partial charge >= 0.3 is 0 Å². The maximum absolute atomic E-state index is 13.0. The third-order valence-corrected chi connectivity index (χ3v) is 5.63. The number of hydrogen-bond acceptors (Lipinski definition) is 5. The van der Waals surface area contributed by atoms with Gasteiger partial charge in [0.2, 0.25) is 5.78 Å². The summed E-state index contributed by atoms with van der Waals surface area (Å²) in [7, 11) is 0. The number of nitrogens with zero attached hydrogens (tertiary/aromatic N) is 3. The van der Waals surface area contributed by atoms with E-state index in [0.29, 0.717) is 27.0 Å². The van der Waals surface area contributed by atoms with Gasteiger partial charge in [-0.1, -0.05) is 43.7 Å². The predicted octanol–water partition coefficient (Wildman–Crippen LogP) is 2.66. The summed E-state index contributed by atoms with van der Waals surface area (Å²) in [4.78, 5) is 30.0. The van der Waals surface area contributed by atoms with Crippen molar-refractivity contribution in [2.75, 3.05) is 0 Å². The van der Waals surface area contributed by atoms with E-state index in [9.17, 15) is 14.9 Å². The fourth-order valence-electron chi connectivity index (χ4n) is 3.04. The topological polar surface area (TPSA) is 75.8 Å². The number of hydrogen-bond donors (Lipinski definition) is 0. The van der Waals surface area contributed by atoms with E-state index in [4.69, 9.17) is 0 Å². The van der Waals surface area contributed by atoms with Gasteiger partial charge in [0, 0.05) is 18.3 Å². The van der Waals surface area contributed by atoms with Gasteiger partial charge in [-0.3, -0.25) is 19.1 Å². The number of aromatic nitrogens is 2. The molecule has 0 N–H and O–H groups in total. The monoisotopic (exact) mass is 403 g/mol. The van der Waals surface area contributed by atoms with Crippen molar-refractivity contribution in [1.82, 2.24) is 9.55 Å². The minimum absolute atomic E-state index is 0.0159. The second-order valence-electron chi connectivity index (χ2n) is 6.48. The Hall–Kier alpha value is -3.30. The SMILES string of the molecule is CCCc1ccc(C(=O)/C(C#N)=c2\s/c(=C\c3ccccn3)c(=O)n2CC)cc1. The Balaban J connectivity index is 2.16. The van der Waals surface area contributed by atoms with Gasteiger partial charge in [0.25, 0.3) is 5.56 Å². The van der Waals surface area contributed by atoms with E-state index in [1.54, 1.807) is 36.5 Å². The zero-order valence-electron chi connectivity index (χ0n) is 16.4. The first-order valence-corrected chi connectivity index (χ1v) is 10.3. The maximum atomic E-state index is 13.0. The molecule has 0 spiro atoms. The highest BCUT2D eigenvalue weighted by atomic mass is 32.1. The highest BCUT2D eigenvalue weighted by Crippen LogP contribution is 2.11. The summed E-state index contributed by atoms with van der Waals surface area (Å²) in [5.74, 6) is -0.372. The van der Waals surface area contributed by atoms with Crippen LogP contribution in [0.1, 0.15) is 41.9 Å². The number of Topliss-reactive ketones (excluding diaryl/α,β-unsaturated/α-hetero) is 1. The van der Waals surface area contributed by atoms with Crippen LogP contribution < -0.4 is 14.8 Å². The first-order chi connectivity index (χ1) is 14.1. The Kier molecular flexibility index (Phi) is 6.53. The minimum atomic E-state index is -0.372. The van der Waals surface area contributed by atoms with E-state index in [-0.39, 0.29) is 16.9 Å². The molecule has 0 fully saturated rings. The zero-order chi connectivity index (χ0) is 20.8. The van der Waals surface area contributed by atoms with Crippen LogP contribution in [-0.4, -0.2) is 15.3 Å². The number of aryl methyl sites for hydroxylation is 1. The Morgan fingerprint density at radius 1 is 1.21 bits per heavy atom. The molecule has 0 bridgehead atoms. The quantitative estimate of drug-likeness (QED) is 0.593. The summed E-state index contributed by atoms with van der Waals surface area (Å²) in [6.45, 7) is 4.29. The standard InChI is InChI=1S/C23H21N3O2S/c1-3-7-16-9-11-17(12-10-16)21(27)19(15-24)23-26(4-2)22(28)20(29-23)14-18-8-5-6-13-25-18/h5-6,8-14H,3-4,7H2,1-2H3/b20-14-,23-19-. The summed E-state index contributed by atoms with van der Waals surface area (Å²) in [6, 6.07) is 14.8. The number of rotatable bonds is 6. The van der Waals surface area contributed by atoms with Crippen molar-refractivity contribution >= 4 is 28.8 Å². The molecule has 5 nitrogen and oxygen atoms in total. The average Bonchev–Trinajstić information content (AvgIpc) is 3.05. The minimum Gasteiger partial charge on any atom is -0.298 e. The maximum Gasteiger partial charge on any atom is 0.269 e. The first-order valence-electron chi connectivity index (χ1n) is 9.49. The fourth-order valence-corrected chi connectivity index (χ4v) is 4.19. The van der Waals surface area contributed by atoms with Crippen molar-refractivity contribution in [3.63, 3.8) is 0 Å². The summed E-state index contributed by atoms with van der Waals surface area (Å²) < 4.78 is 2.30. The molecule has 2 heterocycles. The van der Waals surface area contributed by atoms with Crippen LogP contribution in [0, 0.1) is 11.3 Å². The molecule has 2 aromatic heterocycles. The molecule has 0 aliphatic heterocycles. The van der Waals surface area contributed by atoms with Gasteiger partial charge < -0.3 is 0 Å². The van der Waals surface area contributed by atoms with E-state index < -0.39 is 0 Å². The van der Waals surface area contributed by atoms with Crippen LogP contribution in [0.4, 0.5) is 0 Å². The molecule has 1 aromatic carbocycles. The normalized spacial score (nSPS) is 12.5. The Labute approximate surface area is 172 Å². The molecule has 146 valence electrons. The molecular weight excluding hydrogens is 382 g/mol. The van der Waals surface area contributed by atoms with Crippen molar-refractivity contribution in [2.45, 2.75) is 33.2 Å². The molecular formula is C23H21N3O2S. The van der Waals surface area contributed by atoms with E-state index in [1.165, 1.54) is 4.57 Å². The van der Waals surface area contributed by atoms with Crippen molar-refractivity contribution in [3.8, 4) is 6.07 Å². The highest BCUT2D eigenvalue weighted by Gasteiger charge is 2.17. The number of thiazole rings is 1. The number of pyridine rings is 1. The molecule has 0 aliphatic carbocycles. The third-order valence-electron chi connectivity index (χ3n) is 4.50. The second-order valence-corrected chi connectivity index (χ2v) is 7.51. The van der Waals surface area contributed by atoms with Crippen molar-refractivity contribution < 1.29 is 4.79 Å². The van der Waals surface area contributed by atoms with Gasteiger partial charge in [-0.15, -0.1) is 11.3 Å². The summed E-state index contributed by atoms with van der Waals surface area (Å²) >= 11 is 1.15. The van der Waals surface area contributed by atoms with E-state index in [0.717, 1.165) is 29.7 Å². The lowest BCUT2D eigenvalue weighted by atomic mass is 10.0. The molecule has 3 rings (SSSR count). The van der Waals surface area contributed by atoms with E-state index in [1.807, 2.05) is 31.2 Å². The molecule has 0 aliphatic rings. The van der Waals surface area contributed by atoms with Crippen LogP contribution in [0.2, 0.25) is 0 Å². The molecule has 0 saturated heterocycles. The molecule has 0 radical (unpaired) electrons. The average molecular weight is 404 g/mol. The van der Waals surface area contributed by atoms with Crippen LogP contribution in [0.3, 0.4) is 0 Å². The van der Waals surface area contributed by atoms with Gasteiger partial charge in [-0.25, -0.2) is 0 Å². The number of benzene rings is 1. The van der Waals surface area contributed by atoms with Gasteiger partial charge in [0.15, 0.2) is 0 Å². The number of nitriles is 1. The van der Waals surface area contributed by atoms with Crippen LogP contribution in [0.25, 0.3) is 11.6 Å². The summed E-state index contributed by atoms with van der Waals surface area (Å²) in [5, 5.41) is 9.72. The van der Waals surface area contributed by atoms with Crippen molar-refractivity contribution in [2.24, 2.45) is 0 Å². The van der Waals surface area contributed by atoms with Gasteiger partial charge in [-0.05, 0) is 37.1 Å². The molecule has 0 saturated carbocycles. The number of ketones is 1. The summed E-state index contributed by atoms with van der Waals surface area (Å²) in [5.41, 5.74) is 2.00. The Morgan fingerprint density at radius 2 is 1.97 bits per heavy atom. The smallest absolute Gasteiger partial charge is 0.269 e. The Morgan fingerprint density at radius 3 is 2.55 bits per heavy atom. The fraction of sp³-hybridized carbons (Fsp3) is 0.217. The molecule has 6 heteroatoms. The molecule has 3 aromatic rings. The molecule has 0 atom stereocenters. The van der Waals surface area contributed by atoms with Crippen molar-refractivity contribution in [3.05, 3.63) is 85.0 Å². The summed E-state index contributed by atoms with van der Waals surface area (Å²) in [6.07, 6.45) is 5.30. The second kappa shape index (κ2) is 9.26. The van der Waals surface area contributed by atoms with Gasteiger partial charge in [-0.2, -0.15) is 5.26 Å². The van der Waals surface area contributed by atoms with E-state index >= 15 is 0 Å². The number of carbonyl (C=O) groups is 1. The van der Waals surface area contributed by atoms with Gasteiger partial charge in [0.05, 0.1) is 10.2 Å². The lowest BCUT2D eigenvalue weighted by molar-refractivity contribution is 0.105. The third kappa shape index (κ3) is 4.41. The van der Waals surface area contributed by atoms with Crippen LogP contribution in [-0.2, 0) is 13.0 Å². The molecule has 0 amide bonds. The van der Waals surface area contributed by atoms with Crippen molar-refractivity contribution in [1.29, 1.82) is 5.26 Å². The largest absolute Gasteiger partial charge is 0.298 e. The first kappa shape index (κ1) is 20.4. The van der Waals surface area contributed by atoms with E-state index in [2.05, 4.69) is 11.9 Å². The van der Waals surface area contributed by atoms with Gasteiger partial charge in [0.1, 0.15) is 16.3 Å². The Bertz CT molecular complexity index is 1230. The lowest BCUT2D eigenvalue weighted by Gasteiger charge is -2.03. The number of carbonyl (C=O) groups excluding carboxylic acids is 1. The molecule has 0 unspecified atom stereocenters. The highest BCUT2D eigenvalue weighted by molar-refractivity contribution is 7.07. The van der Waals surface area contributed by atoms with Crippen LogP contribution in [0.5, 0.6) is 0 Å². The molecule has 29 heavy (non-hydrogen) atoms. The zero-order valence-corrected chi connectivity index (χ0v) is 17.2. The van der Waals surface area contributed by atoms with Crippen LogP contribution >= 0.6 is 11.3 Å².